The average molecular weight is 189 g/mol. The zero-order valence-electron chi connectivity index (χ0n) is 9.57. The van der Waals surface area contributed by atoms with Crippen molar-refractivity contribution < 1.29 is 0 Å². The summed E-state index contributed by atoms with van der Waals surface area (Å²) >= 11 is 0. The van der Waals surface area contributed by atoms with Crippen LogP contribution < -0.4 is 5.32 Å². The molecule has 0 bridgehead atoms. The van der Waals surface area contributed by atoms with Crippen LogP contribution in [0.4, 0.5) is 0 Å². The van der Waals surface area contributed by atoms with Gasteiger partial charge in [-0.2, -0.15) is 0 Å². The van der Waals surface area contributed by atoms with Gasteiger partial charge in [0.1, 0.15) is 0 Å². The lowest BCUT2D eigenvalue weighted by Gasteiger charge is -2.34. The molecule has 1 heterocycles. The Morgan fingerprint density at radius 1 is 1.14 bits per heavy atom. The summed E-state index contributed by atoms with van der Waals surface area (Å²) in [5.74, 6) is 0. The standard InChI is InChI=1S/C13H19N/c1-9-5-11-7-14-8-13(3,4)12(11)6-10(9)2/h5-6,14H,7-8H2,1-4H3. The monoisotopic (exact) mass is 189 g/mol. The molecule has 1 aliphatic heterocycles. The van der Waals surface area contributed by atoms with Crippen molar-refractivity contribution in [2.75, 3.05) is 6.54 Å². The maximum atomic E-state index is 3.48. The van der Waals surface area contributed by atoms with Crippen molar-refractivity contribution in [3.8, 4) is 0 Å². The van der Waals surface area contributed by atoms with E-state index in [1.807, 2.05) is 0 Å². The second-order valence-corrected chi connectivity index (χ2v) is 5.08. The predicted octanol–water partition coefficient (Wildman–Crippen LogP) is 2.68. The molecule has 0 saturated carbocycles. The first kappa shape index (κ1) is 9.72. The highest BCUT2D eigenvalue weighted by atomic mass is 14.9. The number of rotatable bonds is 0. The maximum Gasteiger partial charge on any atom is 0.0208 e. The van der Waals surface area contributed by atoms with Crippen LogP contribution in [0.5, 0.6) is 0 Å². The molecule has 0 aliphatic carbocycles. The molecule has 0 radical (unpaired) electrons. The Bertz CT molecular complexity index is 364. The lowest BCUT2D eigenvalue weighted by atomic mass is 9.78. The van der Waals surface area contributed by atoms with Crippen LogP contribution >= 0.6 is 0 Å². The normalized spacial score (nSPS) is 19.1. The summed E-state index contributed by atoms with van der Waals surface area (Å²) in [6.07, 6.45) is 0. The molecule has 0 aromatic heterocycles. The Kier molecular flexibility index (Phi) is 2.15. The van der Waals surface area contributed by atoms with Crippen LogP contribution in [0.25, 0.3) is 0 Å². The topological polar surface area (TPSA) is 12.0 Å². The number of benzene rings is 1. The van der Waals surface area contributed by atoms with Crippen molar-refractivity contribution >= 4 is 0 Å². The molecule has 1 aromatic rings. The molecular weight excluding hydrogens is 170 g/mol. The quantitative estimate of drug-likeness (QED) is 0.661. The minimum atomic E-state index is 0.284. The van der Waals surface area contributed by atoms with Crippen molar-refractivity contribution in [1.82, 2.24) is 5.32 Å². The van der Waals surface area contributed by atoms with E-state index in [1.165, 1.54) is 22.3 Å². The number of hydrogen-bond donors (Lipinski definition) is 1. The largest absolute Gasteiger partial charge is 0.312 e. The van der Waals surface area contributed by atoms with Crippen molar-refractivity contribution in [2.45, 2.75) is 39.7 Å². The van der Waals surface area contributed by atoms with Gasteiger partial charge < -0.3 is 5.32 Å². The highest BCUT2D eigenvalue weighted by Gasteiger charge is 2.27. The molecular formula is C13H19N. The van der Waals surface area contributed by atoms with E-state index >= 15 is 0 Å². The van der Waals surface area contributed by atoms with Crippen molar-refractivity contribution in [1.29, 1.82) is 0 Å². The predicted molar refractivity (Wildman–Crippen MR) is 60.6 cm³/mol. The van der Waals surface area contributed by atoms with Gasteiger partial charge in [-0.1, -0.05) is 26.0 Å². The SMILES string of the molecule is Cc1cc2c(cc1C)C(C)(C)CNC2. The van der Waals surface area contributed by atoms with Gasteiger partial charge in [-0.05, 0) is 36.1 Å². The Balaban J connectivity index is 2.59. The molecule has 1 heteroatoms. The summed E-state index contributed by atoms with van der Waals surface area (Å²) in [4.78, 5) is 0. The third-order valence-electron chi connectivity index (χ3n) is 3.33. The second-order valence-electron chi connectivity index (χ2n) is 5.08. The number of aryl methyl sites for hydroxylation is 2. The molecule has 2 rings (SSSR count). The van der Waals surface area contributed by atoms with Crippen molar-refractivity contribution in [2.24, 2.45) is 0 Å². The van der Waals surface area contributed by atoms with Gasteiger partial charge in [0.25, 0.3) is 0 Å². The van der Waals surface area contributed by atoms with Gasteiger partial charge in [0, 0.05) is 18.5 Å². The van der Waals surface area contributed by atoms with Gasteiger partial charge in [-0.25, -0.2) is 0 Å². The smallest absolute Gasteiger partial charge is 0.0208 e. The summed E-state index contributed by atoms with van der Waals surface area (Å²) < 4.78 is 0. The summed E-state index contributed by atoms with van der Waals surface area (Å²) in [5.41, 5.74) is 6.11. The molecule has 0 unspecified atom stereocenters. The molecule has 14 heavy (non-hydrogen) atoms. The average Bonchev–Trinajstić information content (AvgIpc) is 2.08. The van der Waals surface area contributed by atoms with E-state index in [-0.39, 0.29) is 5.41 Å². The lowest BCUT2D eigenvalue weighted by Crippen LogP contribution is -2.38. The van der Waals surface area contributed by atoms with E-state index in [9.17, 15) is 0 Å². The molecule has 0 atom stereocenters. The number of fused-ring (bicyclic) bond motifs is 1. The van der Waals surface area contributed by atoms with Gasteiger partial charge in [0.05, 0.1) is 0 Å². The summed E-state index contributed by atoms with van der Waals surface area (Å²) in [5, 5.41) is 3.48. The van der Waals surface area contributed by atoms with Crippen molar-refractivity contribution in [3.05, 3.63) is 34.4 Å². The Hall–Kier alpha value is -0.820. The number of hydrogen-bond acceptors (Lipinski definition) is 1. The van der Waals surface area contributed by atoms with Crippen LogP contribution in [0.1, 0.15) is 36.1 Å². The Morgan fingerprint density at radius 2 is 1.79 bits per heavy atom. The minimum Gasteiger partial charge on any atom is -0.312 e. The number of nitrogens with one attached hydrogen (secondary N) is 1. The van der Waals surface area contributed by atoms with Crippen LogP contribution in [-0.4, -0.2) is 6.54 Å². The van der Waals surface area contributed by atoms with Gasteiger partial charge in [-0.3, -0.25) is 0 Å². The zero-order valence-corrected chi connectivity index (χ0v) is 9.57. The third kappa shape index (κ3) is 1.46. The third-order valence-corrected chi connectivity index (χ3v) is 3.33. The summed E-state index contributed by atoms with van der Waals surface area (Å²) in [6.45, 7) is 11.1. The van der Waals surface area contributed by atoms with E-state index < -0.39 is 0 Å². The van der Waals surface area contributed by atoms with Gasteiger partial charge in [0.15, 0.2) is 0 Å². The Morgan fingerprint density at radius 3 is 2.50 bits per heavy atom. The van der Waals surface area contributed by atoms with E-state index in [1.54, 1.807) is 0 Å². The fourth-order valence-corrected chi connectivity index (χ4v) is 2.26. The molecule has 1 N–H and O–H groups in total. The lowest BCUT2D eigenvalue weighted by molar-refractivity contribution is 0.434. The molecule has 76 valence electrons. The zero-order chi connectivity index (χ0) is 10.3. The second kappa shape index (κ2) is 3.09. The van der Waals surface area contributed by atoms with Gasteiger partial charge in [0.2, 0.25) is 0 Å². The first-order valence-electron chi connectivity index (χ1n) is 5.32. The highest BCUT2D eigenvalue weighted by molar-refractivity contribution is 5.42. The van der Waals surface area contributed by atoms with Crippen LogP contribution in [-0.2, 0) is 12.0 Å². The Labute approximate surface area is 86.5 Å². The highest BCUT2D eigenvalue weighted by Crippen LogP contribution is 2.31. The molecule has 1 nitrogen and oxygen atoms in total. The van der Waals surface area contributed by atoms with Crippen LogP contribution in [0.2, 0.25) is 0 Å². The fourth-order valence-electron chi connectivity index (χ4n) is 2.26. The van der Waals surface area contributed by atoms with E-state index in [0.717, 1.165) is 13.1 Å². The van der Waals surface area contributed by atoms with E-state index in [2.05, 4.69) is 45.1 Å². The summed E-state index contributed by atoms with van der Waals surface area (Å²) in [7, 11) is 0. The molecule has 1 aliphatic rings. The fraction of sp³-hybridized carbons (Fsp3) is 0.538. The minimum absolute atomic E-state index is 0.284. The van der Waals surface area contributed by atoms with Gasteiger partial charge in [-0.15, -0.1) is 0 Å². The van der Waals surface area contributed by atoms with Crippen LogP contribution in [0.3, 0.4) is 0 Å². The first-order valence-corrected chi connectivity index (χ1v) is 5.32. The van der Waals surface area contributed by atoms with Gasteiger partial charge >= 0.3 is 0 Å². The molecule has 1 aromatic carbocycles. The first-order chi connectivity index (χ1) is 6.50. The van der Waals surface area contributed by atoms with Crippen LogP contribution in [0, 0.1) is 13.8 Å². The molecule has 0 saturated heterocycles. The summed E-state index contributed by atoms with van der Waals surface area (Å²) in [6, 6.07) is 4.70. The molecule has 0 spiro atoms. The molecule has 0 amide bonds. The van der Waals surface area contributed by atoms with Crippen molar-refractivity contribution in [3.63, 3.8) is 0 Å². The maximum absolute atomic E-state index is 3.48. The molecule has 0 fully saturated rings. The van der Waals surface area contributed by atoms with E-state index in [0.29, 0.717) is 0 Å². The van der Waals surface area contributed by atoms with Crippen LogP contribution in [0.15, 0.2) is 12.1 Å². The van der Waals surface area contributed by atoms with E-state index in [4.69, 9.17) is 0 Å².